The number of benzene rings is 1. The minimum absolute atomic E-state index is 0.0113. The van der Waals surface area contributed by atoms with Crippen molar-refractivity contribution < 1.29 is 14.3 Å². The molecule has 0 saturated carbocycles. The molecule has 136 valence electrons. The summed E-state index contributed by atoms with van der Waals surface area (Å²) in [5, 5.41) is 0. The predicted molar refractivity (Wildman–Crippen MR) is 102 cm³/mol. The number of carbonyl (C=O) groups is 1. The topological polar surface area (TPSA) is 54.9 Å². The van der Waals surface area contributed by atoms with Crippen LogP contribution in [0.5, 0.6) is 11.5 Å². The van der Waals surface area contributed by atoms with E-state index in [0.29, 0.717) is 18.8 Å². The number of piperazine rings is 1. The van der Waals surface area contributed by atoms with Gasteiger partial charge in [-0.15, -0.1) is 0 Å². The first-order chi connectivity index (χ1) is 12.7. The number of amides is 1. The second-order valence-corrected chi connectivity index (χ2v) is 5.96. The van der Waals surface area contributed by atoms with E-state index in [0.717, 1.165) is 30.1 Å². The molecule has 0 N–H and O–H groups in total. The number of aromatic nitrogens is 1. The van der Waals surface area contributed by atoms with Crippen LogP contribution in [-0.2, 0) is 4.79 Å². The molecule has 3 rings (SSSR count). The Kier molecular flexibility index (Phi) is 5.73. The third kappa shape index (κ3) is 4.14. The van der Waals surface area contributed by atoms with Gasteiger partial charge in [-0.1, -0.05) is 0 Å². The smallest absolute Gasteiger partial charge is 0.246 e. The lowest BCUT2D eigenvalue weighted by Crippen LogP contribution is -2.48. The van der Waals surface area contributed by atoms with E-state index >= 15 is 0 Å². The number of pyridine rings is 1. The van der Waals surface area contributed by atoms with Crippen LogP contribution < -0.4 is 14.4 Å². The Hall–Kier alpha value is -3.02. The van der Waals surface area contributed by atoms with E-state index in [1.165, 1.54) is 0 Å². The summed E-state index contributed by atoms with van der Waals surface area (Å²) < 4.78 is 10.6. The van der Waals surface area contributed by atoms with Gasteiger partial charge >= 0.3 is 0 Å². The van der Waals surface area contributed by atoms with Gasteiger partial charge in [-0.3, -0.25) is 9.78 Å². The van der Waals surface area contributed by atoms with Gasteiger partial charge in [0.15, 0.2) is 0 Å². The molecule has 0 spiro atoms. The Morgan fingerprint density at radius 2 is 1.77 bits per heavy atom. The van der Waals surface area contributed by atoms with E-state index in [2.05, 4.69) is 9.88 Å². The van der Waals surface area contributed by atoms with Gasteiger partial charge in [-0.25, -0.2) is 0 Å². The van der Waals surface area contributed by atoms with Crippen molar-refractivity contribution in [1.82, 2.24) is 9.88 Å². The van der Waals surface area contributed by atoms with Crippen molar-refractivity contribution in [1.29, 1.82) is 0 Å². The molecule has 0 bridgehead atoms. The van der Waals surface area contributed by atoms with Gasteiger partial charge < -0.3 is 19.3 Å². The number of hydrogen-bond acceptors (Lipinski definition) is 5. The Labute approximate surface area is 153 Å². The van der Waals surface area contributed by atoms with Crippen LogP contribution in [0.3, 0.4) is 0 Å². The van der Waals surface area contributed by atoms with Crippen molar-refractivity contribution in [3.05, 3.63) is 54.4 Å². The SMILES string of the molecule is COc1ccc(/C=C/C(=O)N2CCN(c3ccncc3)CC2)c(OC)c1. The Bertz CT molecular complexity index is 769. The Morgan fingerprint density at radius 1 is 1.04 bits per heavy atom. The third-order valence-electron chi connectivity index (χ3n) is 4.47. The summed E-state index contributed by atoms with van der Waals surface area (Å²) in [6.07, 6.45) is 6.97. The number of rotatable bonds is 5. The molecule has 1 saturated heterocycles. The predicted octanol–water partition coefficient (Wildman–Crippen LogP) is 2.46. The fourth-order valence-electron chi connectivity index (χ4n) is 2.96. The largest absolute Gasteiger partial charge is 0.497 e. The van der Waals surface area contributed by atoms with E-state index in [4.69, 9.17) is 9.47 Å². The normalized spacial score (nSPS) is 14.5. The highest BCUT2D eigenvalue weighted by Crippen LogP contribution is 2.25. The first kappa shape index (κ1) is 17.8. The minimum atomic E-state index is 0.0113. The third-order valence-corrected chi connectivity index (χ3v) is 4.47. The van der Waals surface area contributed by atoms with E-state index in [-0.39, 0.29) is 5.91 Å². The second kappa shape index (κ2) is 8.38. The number of anilines is 1. The van der Waals surface area contributed by atoms with Crippen LogP contribution >= 0.6 is 0 Å². The zero-order valence-corrected chi connectivity index (χ0v) is 15.1. The molecule has 2 aromatic rings. The molecule has 26 heavy (non-hydrogen) atoms. The van der Waals surface area contributed by atoms with Crippen LogP contribution in [0.15, 0.2) is 48.8 Å². The number of methoxy groups -OCH3 is 2. The minimum Gasteiger partial charge on any atom is -0.497 e. The van der Waals surface area contributed by atoms with E-state index < -0.39 is 0 Å². The standard InChI is InChI=1S/C20H23N3O3/c1-25-18-5-3-16(19(15-18)26-2)4-6-20(24)23-13-11-22(12-14-23)17-7-9-21-10-8-17/h3-10,15H,11-14H2,1-2H3/b6-4+. The highest BCUT2D eigenvalue weighted by atomic mass is 16.5. The Balaban J connectivity index is 1.60. The number of ether oxygens (including phenoxy) is 2. The van der Waals surface area contributed by atoms with Gasteiger partial charge in [-0.2, -0.15) is 0 Å². The van der Waals surface area contributed by atoms with Crippen molar-refractivity contribution in [2.45, 2.75) is 0 Å². The number of nitrogens with zero attached hydrogens (tertiary/aromatic N) is 3. The van der Waals surface area contributed by atoms with E-state index in [9.17, 15) is 4.79 Å². The molecular weight excluding hydrogens is 330 g/mol. The fourth-order valence-corrected chi connectivity index (χ4v) is 2.96. The molecule has 1 fully saturated rings. The number of carbonyl (C=O) groups excluding carboxylic acids is 1. The van der Waals surface area contributed by atoms with Crippen LogP contribution in [0.25, 0.3) is 6.08 Å². The summed E-state index contributed by atoms with van der Waals surface area (Å²) in [5.74, 6) is 1.41. The summed E-state index contributed by atoms with van der Waals surface area (Å²) in [7, 11) is 3.21. The Morgan fingerprint density at radius 3 is 2.42 bits per heavy atom. The molecule has 1 aromatic heterocycles. The molecule has 0 unspecified atom stereocenters. The first-order valence-corrected chi connectivity index (χ1v) is 8.55. The molecule has 2 heterocycles. The fraction of sp³-hybridized carbons (Fsp3) is 0.300. The zero-order chi connectivity index (χ0) is 18.4. The van der Waals surface area contributed by atoms with Gasteiger partial charge in [0.1, 0.15) is 11.5 Å². The molecule has 1 aliphatic heterocycles. The second-order valence-electron chi connectivity index (χ2n) is 5.96. The van der Waals surface area contributed by atoms with Crippen LogP contribution in [0, 0.1) is 0 Å². The molecule has 1 aromatic carbocycles. The lowest BCUT2D eigenvalue weighted by atomic mass is 10.1. The number of hydrogen-bond donors (Lipinski definition) is 0. The van der Waals surface area contributed by atoms with Gasteiger partial charge in [0.05, 0.1) is 14.2 Å². The first-order valence-electron chi connectivity index (χ1n) is 8.55. The molecule has 0 aliphatic carbocycles. The molecule has 1 aliphatic rings. The average molecular weight is 353 g/mol. The van der Waals surface area contributed by atoms with E-state index in [1.807, 2.05) is 29.2 Å². The van der Waals surface area contributed by atoms with Crippen LogP contribution in [0.1, 0.15) is 5.56 Å². The lowest BCUT2D eigenvalue weighted by Gasteiger charge is -2.35. The van der Waals surface area contributed by atoms with Crippen molar-refractivity contribution in [3.63, 3.8) is 0 Å². The molecular formula is C20H23N3O3. The van der Waals surface area contributed by atoms with Crippen molar-refractivity contribution in [2.75, 3.05) is 45.3 Å². The van der Waals surface area contributed by atoms with Gasteiger partial charge in [-0.05, 0) is 30.3 Å². The average Bonchev–Trinajstić information content (AvgIpc) is 2.72. The van der Waals surface area contributed by atoms with Gasteiger partial charge in [0.25, 0.3) is 0 Å². The monoisotopic (exact) mass is 353 g/mol. The van der Waals surface area contributed by atoms with Crippen molar-refractivity contribution in [2.24, 2.45) is 0 Å². The summed E-state index contributed by atoms with van der Waals surface area (Å²) >= 11 is 0. The van der Waals surface area contributed by atoms with Crippen molar-refractivity contribution in [3.8, 4) is 11.5 Å². The quantitative estimate of drug-likeness (QED) is 0.773. The molecule has 6 nitrogen and oxygen atoms in total. The summed E-state index contributed by atoms with van der Waals surface area (Å²) in [5.41, 5.74) is 1.99. The van der Waals surface area contributed by atoms with Crippen molar-refractivity contribution >= 4 is 17.7 Å². The van der Waals surface area contributed by atoms with Crippen LogP contribution in [-0.4, -0.2) is 56.2 Å². The van der Waals surface area contributed by atoms with Gasteiger partial charge in [0, 0.05) is 62.0 Å². The molecule has 0 atom stereocenters. The maximum absolute atomic E-state index is 12.5. The molecule has 6 heteroatoms. The summed E-state index contributed by atoms with van der Waals surface area (Å²) in [4.78, 5) is 20.7. The zero-order valence-electron chi connectivity index (χ0n) is 15.1. The highest BCUT2D eigenvalue weighted by molar-refractivity contribution is 5.92. The molecule has 1 amide bonds. The maximum Gasteiger partial charge on any atom is 0.246 e. The van der Waals surface area contributed by atoms with E-state index in [1.54, 1.807) is 44.8 Å². The maximum atomic E-state index is 12.5. The van der Waals surface area contributed by atoms with Gasteiger partial charge in [0.2, 0.25) is 5.91 Å². The summed E-state index contributed by atoms with van der Waals surface area (Å²) in [6, 6.07) is 9.52. The summed E-state index contributed by atoms with van der Waals surface area (Å²) in [6.45, 7) is 3.03. The van der Waals surface area contributed by atoms with Crippen LogP contribution in [0.4, 0.5) is 5.69 Å². The lowest BCUT2D eigenvalue weighted by molar-refractivity contribution is -0.126. The highest BCUT2D eigenvalue weighted by Gasteiger charge is 2.19. The van der Waals surface area contributed by atoms with Crippen LogP contribution in [0.2, 0.25) is 0 Å². The molecule has 0 radical (unpaired) electrons.